The number of nitrogens with one attached hydrogen (secondary N) is 1. The van der Waals surface area contributed by atoms with E-state index >= 15 is 0 Å². The maximum Gasteiger partial charge on any atom is 0.281 e. The van der Waals surface area contributed by atoms with Crippen molar-refractivity contribution in [2.75, 3.05) is 5.73 Å². The van der Waals surface area contributed by atoms with Crippen LogP contribution in [0.3, 0.4) is 0 Å². The van der Waals surface area contributed by atoms with Crippen LogP contribution < -0.4 is 15.2 Å². The molecule has 3 aromatic rings. The molecule has 2 heterocycles. The van der Waals surface area contributed by atoms with Gasteiger partial charge in [-0.25, -0.2) is 14.7 Å². The summed E-state index contributed by atoms with van der Waals surface area (Å²) in [5.74, 6) is -0.209. The summed E-state index contributed by atoms with van der Waals surface area (Å²) in [6.45, 7) is 7.88. The Morgan fingerprint density at radius 3 is 2.39 bits per heavy atom. The molecule has 1 saturated carbocycles. The molecule has 1 aliphatic carbocycles. The minimum atomic E-state index is -4.25. The molecule has 1 amide bonds. The number of carbonyl (C=O) groups is 1. The number of amides is 1. The third-order valence-corrected chi connectivity index (χ3v) is 7.08. The number of ether oxygens (including phenoxy) is 1. The number of nitrogens with zero attached hydrogens (tertiary/aromatic N) is 2. The van der Waals surface area contributed by atoms with Gasteiger partial charge in [-0.1, -0.05) is 30.7 Å². The fraction of sp³-hybridized carbons (Fsp3) is 0.292. The molecule has 33 heavy (non-hydrogen) atoms. The number of pyridine rings is 2. The number of hydrogen-bond acceptors (Lipinski definition) is 7. The standard InChI is InChI=1S/C24H26N4O4S/c1-14-10-15(2)21(16(3)11-14)32-23-18(12-17(13-26-23)24(4)8-9-24)22(29)28-33(30,31)20-7-5-6-19(25)27-20/h5-7,10-13H,8-9H2,1-4H3,(H2,25,27)(H,28,29). The SMILES string of the molecule is Cc1cc(C)c(Oc2ncc(C3(C)CC3)cc2C(=O)NS(=O)(=O)c2cccc(N)n2)c(C)c1. The van der Waals surface area contributed by atoms with Crippen LogP contribution in [0.4, 0.5) is 5.82 Å². The number of carbonyl (C=O) groups excluding carboxylic acids is 1. The highest BCUT2D eigenvalue weighted by atomic mass is 32.2. The summed E-state index contributed by atoms with van der Waals surface area (Å²) in [6, 6.07) is 9.78. The lowest BCUT2D eigenvalue weighted by molar-refractivity contribution is 0.0978. The second-order valence-corrected chi connectivity index (χ2v) is 10.4. The van der Waals surface area contributed by atoms with Crippen molar-refractivity contribution < 1.29 is 17.9 Å². The molecule has 0 unspecified atom stereocenters. The number of aryl methyl sites for hydroxylation is 3. The quantitative estimate of drug-likeness (QED) is 0.564. The van der Waals surface area contributed by atoms with E-state index in [1.54, 1.807) is 12.3 Å². The van der Waals surface area contributed by atoms with Gasteiger partial charge in [0, 0.05) is 6.20 Å². The molecule has 3 N–H and O–H groups in total. The minimum Gasteiger partial charge on any atom is -0.438 e. The van der Waals surface area contributed by atoms with Gasteiger partial charge >= 0.3 is 0 Å². The van der Waals surface area contributed by atoms with Gasteiger partial charge in [-0.3, -0.25) is 4.79 Å². The van der Waals surface area contributed by atoms with Gasteiger partial charge in [-0.05, 0) is 73.9 Å². The summed E-state index contributed by atoms with van der Waals surface area (Å²) in [7, 11) is -4.25. The van der Waals surface area contributed by atoms with Crippen molar-refractivity contribution in [3.8, 4) is 11.6 Å². The molecule has 0 atom stereocenters. The molecule has 0 aliphatic heterocycles. The number of aromatic nitrogens is 2. The number of nitrogen functional groups attached to an aromatic ring is 1. The molecule has 172 valence electrons. The normalized spacial score (nSPS) is 14.5. The van der Waals surface area contributed by atoms with Gasteiger partial charge in [-0.2, -0.15) is 8.42 Å². The van der Waals surface area contributed by atoms with Crippen molar-refractivity contribution in [1.29, 1.82) is 0 Å². The largest absolute Gasteiger partial charge is 0.438 e. The molecule has 1 fully saturated rings. The Morgan fingerprint density at radius 2 is 1.79 bits per heavy atom. The molecule has 0 saturated heterocycles. The van der Waals surface area contributed by atoms with Crippen LogP contribution in [0.2, 0.25) is 0 Å². The summed E-state index contributed by atoms with van der Waals surface area (Å²) >= 11 is 0. The fourth-order valence-corrected chi connectivity index (χ4v) is 4.68. The lowest BCUT2D eigenvalue weighted by Crippen LogP contribution is -2.32. The Bertz CT molecular complexity index is 1340. The topological polar surface area (TPSA) is 124 Å². The van der Waals surface area contributed by atoms with E-state index in [9.17, 15) is 13.2 Å². The van der Waals surface area contributed by atoms with Crippen LogP contribution in [-0.4, -0.2) is 24.3 Å². The number of hydrogen-bond donors (Lipinski definition) is 2. The molecule has 0 radical (unpaired) electrons. The average molecular weight is 467 g/mol. The number of sulfonamides is 1. The molecular formula is C24H26N4O4S. The van der Waals surface area contributed by atoms with Gasteiger partial charge < -0.3 is 10.5 Å². The van der Waals surface area contributed by atoms with Crippen molar-refractivity contribution in [3.63, 3.8) is 0 Å². The van der Waals surface area contributed by atoms with E-state index < -0.39 is 15.9 Å². The van der Waals surface area contributed by atoms with Crippen LogP contribution >= 0.6 is 0 Å². The van der Waals surface area contributed by atoms with Crippen molar-refractivity contribution in [1.82, 2.24) is 14.7 Å². The summed E-state index contributed by atoms with van der Waals surface area (Å²) < 4.78 is 33.7. The highest BCUT2D eigenvalue weighted by Crippen LogP contribution is 2.48. The highest BCUT2D eigenvalue weighted by Gasteiger charge is 2.40. The van der Waals surface area contributed by atoms with Crippen LogP contribution in [0.5, 0.6) is 11.6 Å². The molecular weight excluding hydrogens is 440 g/mol. The third-order valence-electron chi connectivity index (χ3n) is 5.84. The molecule has 2 aromatic heterocycles. The van der Waals surface area contributed by atoms with Crippen molar-refractivity contribution >= 4 is 21.7 Å². The van der Waals surface area contributed by atoms with Gasteiger partial charge in [0.1, 0.15) is 17.1 Å². The predicted molar refractivity (Wildman–Crippen MR) is 125 cm³/mol. The van der Waals surface area contributed by atoms with Gasteiger partial charge in [0.2, 0.25) is 5.88 Å². The maximum atomic E-state index is 13.2. The van der Waals surface area contributed by atoms with Crippen molar-refractivity contribution in [3.05, 3.63) is 70.4 Å². The lowest BCUT2D eigenvalue weighted by Gasteiger charge is -2.17. The van der Waals surface area contributed by atoms with E-state index in [0.29, 0.717) is 5.75 Å². The summed E-state index contributed by atoms with van der Waals surface area (Å²) in [4.78, 5) is 21.4. The molecule has 4 rings (SSSR count). The Morgan fingerprint density at radius 1 is 1.12 bits per heavy atom. The number of nitrogens with two attached hydrogens (primary N) is 1. The van der Waals surface area contributed by atoms with E-state index in [4.69, 9.17) is 10.5 Å². The van der Waals surface area contributed by atoms with E-state index in [2.05, 4.69) is 21.6 Å². The van der Waals surface area contributed by atoms with Crippen LogP contribution in [0, 0.1) is 20.8 Å². The average Bonchev–Trinajstić information content (AvgIpc) is 3.49. The van der Waals surface area contributed by atoms with Crippen LogP contribution in [0.1, 0.15) is 52.4 Å². The van der Waals surface area contributed by atoms with E-state index in [0.717, 1.165) is 35.1 Å². The third kappa shape index (κ3) is 4.68. The lowest BCUT2D eigenvalue weighted by atomic mass is 9.99. The Hall–Kier alpha value is -3.46. The molecule has 9 heteroatoms. The van der Waals surface area contributed by atoms with Crippen LogP contribution in [0.15, 0.2) is 47.6 Å². The molecule has 0 bridgehead atoms. The molecule has 1 aromatic carbocycles. The number of rotatable bonds is 6. The smallest absolute Gasteiger partial charge is 0.281 e. The van der Waals surface area contributed by atoms with Gasteiger partial charge in [0.15, 0.2) is 5.03 Å². The van der Waals surface area contributed by atoms with E-state index in [1.165, 1.54) is 18.2 Å². The second kappa shape index (κ2) is 8.15. The van der Waals surface area contributed by atoms with Gasteiger partial charge in [0.05, 0.1) is 0 Å². The Kier molecular flexibility index (Phi) is 5.61. The summed E-state index contributed by atoms with van der Waals surface area (Å²) in [5.41, 5.74) is 9.27. The molecule has 0 spiro atoms. The first-order valence-electron chi connectivity index (χ1n) is 10.5. The Balaban J connectivity index is 1.73. The first kappa shape index (κ1) is 22.7. The summed E-state index contributed by atoms with van der Waals surface area (Å²) in [5, 5.41) is -0.346. The van der Waals surface area contributed by atoms with Crippen molar-refractivity contribution in [2.24, 2.45) is 0 Å². The van der Waals surface area contributed by atoms with Crippen LogP contribution in [-0.2, 0) is 15.4 Å². The fourth-order valence-electron chi connectivity index (χ4n) is 3.74. The zero-order chi connectivity index (χ0) is 24.0. The van der Waals surface area contributed by atoms with E-state index in [1.807, 2.05) is 32.9 Å². The number of benzene rings is 1. The zero-order valence-electron chi connectivity index (χ0n) is 19.0. The minimum absolute atomic E-state index is 0.0324. The van der Waals surface area contributed by atoms with Crippen LogP contribution in [0.25, 0.3) is 0 Å². The van der Waals surface area contributed by atoms with Gasteiger partial charge in [0.25, 0.3) is 15.9 Å². The monoisotopic (exact) mass is 466 g/mol. The van der Waals surface area contributed by atoms with Crippen molar-refractivity contribution in [2.45, 2.75) is 51.0 Å². The first-order valence-corrected chi connectivity index (χ1v) is 12.0. The Labute approximate surface area is 193 Å². The number of anilines is 1. The summed E-state index contributed by atoms with van der Waals surface area (Å²) in [6.07, 6.45) is 3.63. The molecule has 1 aliphatic rings. The predicted octanol–water partition coefficient (Wildman–Crippen LogP) is 3.95. The molecule has 8 nitrogen and oxygen atoms in total. The zero-order valence-corrected chi connectivity index (χ0v) is 19.8. The first-order chi connectivity index (χ1) is 15.5. The van der Waals surface area contributed by atoms with Gasteiger partial charge in [-0.15, -0.1) is 0 Å². The van der Waals surface area contributed by atoms with E-state index in [-0.39, 0.29) is 27.7 Å². The maximum absolute atomic E-state index is 13.2. The second-order valence-electron chi connectivity index (χ2n) is 8.80. The highest BCUT2D eigenvalue weighted by molar-refractivity contribution is 7.90.